The van der Waals surface area contributed by atoms with Crippen molar-refractivity contribution < 1.29 is 9.59 Å². The molecule has 0 aliphatic rings. The average Bonchev–Trinajstić information content (AvgIpc) is 3.06. The first-order valence-electron chi connectivity index (χ1n) is 6.51. The number of hydrogen-bond acceptors (Lipinski definition) is 3. The minimum atomic E-state index is -0.609. The summed E-state index contributed by atoms with van der Waals surface area (Å²) in [5.74, 6) is -1.09. The SMILES string of the molecule is O=C(NNC(=O)c1cc2ccccc2c(=O)[nH]1)c1ccc[nH]1. The highest BCUT2D eigenvalue weighted by Gasteiger charge is 2.11. The molecule has 2 heterocycles. The lowest BCUT2D eigenvalue weighted by Crippen LogP contribution is -2.42. The molecule has 0 aliphatic heterocycles. The summed E-state index contributed by atoms with van der Waals surface area (Å²) in [7, 11) is 0. The van der Waals surface area contributed by atoms with Gasteiger partial charge in [-0.3, -0.25) is 25.2 Å². The highest BCUT2D eigenvalue weighted by atomic mass is 16.2. The van der Waals surface area contributed by atoms with E-state index in [4.69, 9.17) is 0 Å². The first-order valence-corrected chi connectivity index (χ1v) is 6.51. The fraction of sp³-hybridized carbons (Fsp3) is 0. The first-order chi connectivity index (χ1) is 10.6. The molecule has 0 atom stereocenters. The van der Waals surface area contributed by atoms with E-state index in [2.05, 4.69) is 20.8 Å². The molecule has 3 aromatic rings. The zero-order chi connectivity index (χ0) is 15.5. The number of H-pyrrole nitrogens is 2. The van der Waals surface area contributed by atoms with E-state index in [-0.39, 0.29) is 11.3 Å². The van der Waals surface area contributed by atoms with E-state index in [0.717, 1.165) is 0 Å². The summed E-state index contributed by atoms with van der Waals surface area (Å²) in [5.41, 5.74) is 4.52. The molecule has 2 aromatic heterocycles. The number of aromatic nitrogens is 2. The van der Waals surface area contributed by atoms with Crippen LogP contribution >= 0.6 is 0 Å². The lowest BCUT2D eigenvalue weighted by molar-refractivity contribution is 0.0841. The largest absolute Gasteiger partial charge is 0.357 e. The van der Waals surface area contributed by atoms with Crippen LogP contribution in [0.15, 0.2) is 53.5 Å². The lowest BCUT2D eigenvalue weighted by Gasteiger charge is -2.07. The van der Waals surface area contributed by atoms with E-state index in [1.807, 2.05) is 0 Å². The molecule has 110 valence electrons. The zero-order valence-electron chi connectivity index (χ0n) is 11.3. The van der Waals surface area contributed by atoms with Crippen molar-refractivity contribution in [2.45, 2.75) is 0 Å². The topological polar surface area (TPSA) is 107 Å². The van der Waals surface area contributed by atoms with Gasteiger partial charge in [0.05, 0.1) is 0 Å². The van der Waals surface area contributed by atoms with Crippen molar-refractivity contribution in [1.29, 1.82) is 0 Å². The predicted octanol–water partition coefficient (Wildman–Crippen LogP) is 0.931. The number of aromatic amines is 2. The molecule has 0 radical (unpaired) electrons. The Balaban J connectivity index is 1.78. The molecule has 2 amide bonds. The molecule has 1 aromatic carbocycles. The van der Waals surface area contributed by atoms with Crippen molar-refractivity contribution in [3.8, 4) is 0 Å². The van der Waals surface area contributed by atoms with Crippen molar-refractivity contribution in [3.63, 3.8) is 0 Å². The second-order valence-corrected chi connectivity index (χ2v) is 4.59. The summed E-state index contributed by atoms with van der Waals surface area (Å²) >= 11 is 0. The number of hydrazine groups is 1. The molecule has 3 rings (SSSR count). The minimum absolute atomic E-state index is 0.0653. The predicted molar refractivity (Wildman–Crippen MR) is 80.3 cm³/mol. The molecule has 22 heavy (non-hydrogen) atoms. The van der Waals surface area contributed by atoms with Gasteiger partial charge in [-0.2, -0.15) is 0 Å². The van der Waals surface area contributed by atoms with Crippen LogP contribution in [0, 0.1) is 0 Å². The third kappa shape index (κ3) is 2.59. The highest BCUT2D eigenvalue weighted by molar-refractivity contribution is 5.99. The third-order valence-corrected chi connectivity index (χ3v) is 3.13. The van der Waals surface area contributed by atoms with Gasteiger partial charge in [-0.05, 0) is 29.7 Å². The van der Waals surface area contributed by atoms with Gasteiger partial charge in [-0.1, -0.05) is 18.2 Å². The summed E-state index contributed by atoms with van der Waals surface area (Å²) in [4.78, 5) is 40.8. The number of amides is 2. The van der Waals surface area contributed by atoms with Gasteiger partial charge in [-0.25, -0.2) is 0 Å². The van der Waals surface area contributed by atoms with Crippen molar-refractivity contribution >= 4 is 22.6 Å². The Hall–Kier alpha value is -3.35. The Labute approximate surface area is 124 Å². The second-order valence-electron chi connectivity index (χ2n) is 4.59. The maximum absolute atomic E-state index is 12.0. The van der Waals surface area contributed by atoms with Crippen LogP contribution in [-0.2, 0) is 0 Å². The fourth-order valence-electron chi connectivity index (χ4n) is 2.05. The van der Waals surface area contributed by atoms with Gasteiger partial charge < -0.3 is 9.97 Å². The van der Waals surface area contributed by atoms with Crippen LogP contribution in [0.2, 0.25) is 0 Å². The lowest BCUT2D eigenvalue weighted by atomic mass is 10.1. The molecular formula is C15H12N4O3. The summed E-state index contributed by atoms with van der Waals surface area (Å²) in [6.07, 6.45) is 1.59. The fourth-order valence-corrected chi connectivity index (χ4v) is 2.05. The average molecular weight is 296 g/mol. The van der Waals surface area contributed by atoms with Crippen molar-refractivity contribution in [3.05, 3.63) is 70.4 Å². The summed E-state index contributed by atoms with van der Waals surface area (Å²) in [5, 5.41) is 1.14. The molecule has 0 bridgehead atoms. The monoisotopic (exact) mass is 296 g/mol. The van der Waals surface area contributed by atoms with Crippen LogP contribution in [0.25, 0.3) is 10.8 Å². The Kier molecular flexibility index (Phi) is 3.45. The van der Waals surface area contributed by atoms with Gasteiger partial charge in [-0.15, -0.1) is 0 Å². The van der Waals surface area contributed by atoms with Gasteiger partial charge >= 0.3 is 0 Å². The highest BCUT2D eigenvalue weighted by Crippen LogP contribution is 2.09. The van der Waals surface area contributed by atoms with E-state index < -0.39 is 11.8 Å². The van der Waals surface area contributed by atoms with Crippen LogP contribution in [0.1, 0.15) is 21.0 Å². The summed E-state index contributed by atoms with van der Waals surface area (Å²) < 4.78 is 0. The quantitative estimate of drug-likeness (QED) is 0.528. The molecule has 0 saturated heterocycles. The molecule has 0 fully saturated rings. The molecule has 7 heteroatoms. The number of fused-ring (bicyclic) bond motifs is 1. The van der Waals surface area contributed by atoms with Crippen LogP contribution < -0.4 is 16.4 Å². The van der Waals surface area contributed by atoms with Gasteiger partial charge in [0, 0.05) is 11.6 Å². The maximum atomic E-state index is 12.0. The number of carbonyl (C=O) groups excluding carboxylic acids is 2. The molecule has 4 N–H and O–H groups in total. The second kappa shape index (κ2) is 5.57. The molecule has 0 saturated carbocycles. The van der Waals surface area contributed by atoms with Crippen LogP contribution in [0.4, 0.5) is 0 Å². The standard InChI is InChI=1S/C15H12N4O3/c20-13-10-5-2-1-4-9(10)8-12(17-13)15(22)19-18-14(21)11-6-3-7-16-11/h1-8,16H,(H,17,20)(H,18,21)(H,19,22). The summed E-state index contributed by atoms with van der Waals surface area (Å²) in [6.45, 7) is 0. The number of hydrogen-bond donors (Lipinski definition) is 4. The smallest absolute Gasteiger partial charge is 0.286 e. The van der Waals surface area contributed by atoms with E-state index in [0.29, 0.717) is 16.5 Å². The molecule has 0 spiro atoms. The molecular weight excluding hydrogens is 284 g/mol. The zero-order valence-corrected chi connectivity index (χ0v) is 11.3. The Bertz CT molecular complexity index is 897. The third-order valence-electron chi connectivity index (χ3n) is 3.13. The van der Waals surface area contributed by atoms with E-state index >= 15 is 0 Å². The first kappa shape index (κ1) is 13.6. The van der Waals surface area contributed by atoms with Gasteiger partial charge in [0.2, 0.25) is 0 Å². The van der Waals surface area contributed by atoms with Crippen molar-refractivity contribution in [2.75, 3.05) is 0 Å². The summed E-state index contributed by atoms with van der Waals surface area (Å²) in [6, 6.07) is 11.7. The normalized spacial score (nSPS) is 10.4. The number of pyridine rings is 1. The Morgan fingerprint density at radius 2 is 1.64 bits per heavy atom. The van der Waals surface area contributed by atoms with Crippen LogP contribution in [-0.4, -0.2) is 21.8 Å². The van der Waals surface area contributed by atoms with Crippen molar-refractivity contribution in [2.24, 2.45) is 0 Å². The number of nitrogens with one attached hydrogen (secondary N) is 4. The molecule has 7 nitrogen and oxygen atoms in total. The van der Waals surface area contributed by atoms with Gasteiger partial charge in [0.15, 0.2) is 0 Å². The maximum Gasteiger partial charge on any atom is 0.286 e. The van der Waals surface area contributed by atoms with E-state index in [1.54, 1.807) is 48.7 Å². The van der Waals surface area contributed by atoms with Gasteiger partial charge in [0.25, 0.3) is 17.4 Å². The Morgan fingerprint density at radius 1 is 0.909 bits per heavy atom. The number of carbonyl (C=O) groups is 2. The molecule has 0 aliphatic carbocycles. The Morgan fingerprint density at radius 3 is 2.36 bits per heavy atom. The molecule has 0 unspecified atom stereocenters. The van der Waals surface area contributed by atoms with Crippen molar-refractivity contribution in [1.82, 2.24) is 20.8 Å². The van der Waals surface area contributed by atoms with Crippen LogP contribution in [0.5, 0.6) is 0 Å². The van der Waals surface area contributed by atoms with Crippen LogP contribution in [0.3, 0.4) is 0 Å². The number of rotatable bonds is 2. The van der Waals surface area contributed by atoms with E-state index in [1.165, 1.54) is 0 Å². The van der Waals surface area contributed by atoms with Gasteiger partial charge in [0.1, 0.15) is 11.4 Å². The minimum Gasteiger partial charge on any atom is -0.357 e. The number of benzene rings is 1. The van der Waals surface area contributed by atoms with E-state index in [9.17, 15) is 14.4 Å².